The number of hydrogen-bond donors (Lipinski definition) is 0. The Morgan fingerprint density at radius 2 is 1.92 bits per heavy atom. The molecule has 2 aliphatic rings. The van der Waals surface area contributed by atoms with E-state index in [-0.39, 0.29) is 11.3 Å². The molecule has 1 atom stereocenters. The van der Waals surface area contributed by atoms with Crippen LogP contribution in [0.1, 0.15) is 49.0 Å². The maximum absolute atomic E-state index is 12.8. The van der Waals surface area contributed by atoms with Gasteiger partial charge in [0.15, 0.2) is 0 Å². The molecule has 25 heavy (non-hydrogen) atoms. The SMILES string of the molecule is CCOC[C@H]1COCCC12CCN(C(=O)c1ccc(CC)cc1)CC2. The Kier molecular flexibility index (Phi) is 6.13. The van der Waals surface area contributed by atoms with Gasteiger partial charge < -0.3 is 14.4 Å². The third-order valence-corrected chi connectivity index (χ3v) is 6.11. The molecule has 0 radical (unpaired) electrons. The van der Waals surface area contributed by atoms with Gasteiger partial charge in [0.05, 0.1) is 13.2 Å². The molecule has 2 heterocycles. The largest absolute Gasteiger partial charge is 0.381 e. The third-order valence-electron chi connectivity index (χ3n) is 6.11. The highest BCUT2D eigenvalue weighted by Gasteiger charge is 2.44. The molecule has 1 aromatic carbocycles. The molecule has 1 spiro atoms. The number of amides is 1. The highest BCUT2D eigenvalue weighted by atomic mass is 16.5. The highest BCUT2D eigenvalue weighted by molar-refractivity contribution is 5.94. The van der Waals surface area contributed by atoms with Crippen LogP contribution in [0.2, 0.25) is 0 Å². The van der Waals surface area contributed by atoms with Crippen LogP contribution in [0, 0.1) is 11.3 Å². The van der Waals surface area contributed by atoms with Crippen molar-refractivity contribution in [3.63, 3.8) is 0 Å². The van der Waals surface area contributed by atoms with Gasteiger partial charge in [-0.2, -0.15) is 0 Å². The third kappa shape index (κ3) is 4.06. The molecular weight excluding hydrogens is 314 g/mol. The summed E-state index contributed by atoms with van der Waals surface area (Å²) in [6.45, 7) is 9.04. The highest BCUT2D eigenvalue weighted by Crippen LogP contribution is 2.45. The number of hydrogen-bond acceptors (Lipinski definition) is 3. The van der Waals surface area contributed by atoms with Crippen molar-refractivity contribution in [2.24, 2.45) is 11.3 Å². The first-order chi connectivity index (χ1) is 12.2. The van der Waals surface area contributed by atoms with Crippen molar-refractivity contribution >= 4 is 5.91 Å². The van der Waals surface area contributed by atoms with Crippen LogP contribution in [0.4, 0.5) is 0 Å². The van der Waals surface area contributed by atoms with Crippen LogP contribution >= 0.6 is 0 Å². The second-order valence-corrected chi connectivity index (χ2v) is 7.39. The van der Waals surface area contributed by atoms with Crippen LogP contribution in [0.5, 0.6) is 0 Å². The Morgan fingerprint density at radius 1 is 1.20 bits per heavy atom. The summed E-state index contributed by atoms with van der Waals surface area (Å²) in [5, 5.41) is 0. The van der Waals surface area contributed by atoms with Crippen molar-refractivity contribution in [3.8, 4) is 0 Å². The predicted molar refractivity (Wildman–Crippen MR) is 98.8 cm³/mol. The fourth-order valence-corrected chi connectivity index (χ4v) is 4.25. The normalized spacial score (nSPS) is 23.0. The van der Waals surface area contributed by atoms with Gasteiger partial charge in [0.1, 0.15) is 0 Å². The molecule has 4 nitrogen and oxygen atoms in total. The zero-order chi connectivity index (χ0) is 17.7. The lowest BCUT2D eigenvalue weighted by Crippen LogP contribution is -2.50. The van der Waals surface area contributed by atoms with E-state index in [0.29, 0.717) is 5.92 Å². The molecule has 0 N–H and O–H groups in total. The number of carbonyl (C=O) groups excluding carboxylic acids is 1. The van der Waals surface area contributed by atoms with Gasteiger partial charge in [-0.25, -0.2) is 0 Å². The molecule has 0 bridgehead atoms. The number of nitrogens with zero attached hydrogens (tertiary/aromatic N) is 1. The van der Waals surface area contributed by atoms with E-state index in [1.807, 2.05) is 24.0 Å². The lowest BCUT2D eigenvalue weighted by atomic mass is 9.66. The molecule has 0 aliphatic carbocycles. The Labute approximate surface area is 151 Å². The van der Waals surface area contributed by atoms with E-state index >= 15 is 0 Å². The molecule has 138 valence electrons. The summed E-state index contributed by atoms with van der Waals surface area (Å²) in [7, 11) is 0. The van der Waals surface area contributed by atoms with E-state index in [9.17, 15) is 4.79 Å². The summed E-state index contributed by atoms with van der Waals surface area (Å²) < 4.78 is 11.4. The molecule has 0 saturated carbocycles. The van der Waals surface area contributed by atoms with Gasteiger partial charge >= 0.3 is 0 Å². The minimum Gasteiger partial charge on any atom is -0.381 e. The van der Waals surface area contributed by atoms with E-state index in [1.165, 1.54) is 5.56 Å². The fourth-order valence-electron chi connectivity index (χ4n) is 4.25. The van der Waals surface area contributed by atoms with Crippen LogP contribution < -0.4 is 0 Å². The first-order valence-electron chi connectivity index (χ1n) is 9.72. The van der Waals surface area contributed by atoms with Crippen molar-refractivity contribution in [1.29, 1.82) is 0 Å². The van der Waals surface area contributed by atoms with Gasteiger partial charge in [0.2, 0.25) is 0 Å². The summed E-state index contributed by atoms with van der Waals surface area (Å²) >= 11 is 0. The first kappa shape index (κ1) is 18.4. The summed E-state index contributed by atoms with van der Waals surface area (Å²) in [4.78, 5) is 14.8. The van der Waals surface area contributed by atoms with Crippen LogP contribution in [0.25, 0.3) is 0 Å². The first-order valence-corrected chi connectivity index (χ1v) is 9.72. The maximum Gasteiger partial charge on any atom is 0.253 e. The molecular formula is C21H31NO3. The monoisotopic (exact) mass is 345 g/mol. The Morgan fingerprint density at radius 3 is 2.56 bits per heavy atom. The standard InChI is InChI=1S/C21H31NO3/c1-3-17-5-7-18(8-6-17)20(23)22-12-9-21(10-13-22)11-14-25-16-19(21)15-24-4-2/h5-8,19H,3-4,9-16H2,1-2H3/t19-/m0/s1. The Bertz CT molecular complexity index is 561. The lowest BCUT2D eigenvalue weighted by molar-refractivity contribution is -0.0956. The number of ether oxygens (including phenoxy) is 2. The summed E-state index contributed by atoms with van der Waals surface area (Å²) in [5.74, 6) is 0.633. The second-order valence-electron chi connectivity index (χ2n) is 7.39. The van der Waals surface area contributed by atoms with Crippen molar-refractivity contribution in [1.82, 2.24) is 4.90 Å². The molecule has 1 amide bonds. The van der Waals surface area contributed by atoms with Crippen molar-refractivity contribution < 1.29 is 14.3 Å². The molecule has 3 rings (SSSR count). The lowest BCUT2D eigenvalue weighted by Gasteiger charge is -2.49. The molecule has 2 saturated heterocycles. The molecule has 1 aromatic rings. The van der Waals surface area contributed by atoms with Crippen molar-refractivity contribution in [2.45, 2.75) is 39.5 Å². The number of carbonyl (C=O) groups is 1. The Hall–Kier alpha value is -1.39. The Balaban J connectivity index is 1.62. The van der Waals surface area contributed by atoms with E-state index in [0.717, 1.165) is 70.8 Å². The van der Waals surface area contributed by atoms with Crippen LogP contribution in [-0.2, 0) is 15.9 Å². The van der Waals surface area contributed by atoms with Crippen molar-refractivity contribution in [3.05, 3.63) is 35.4 Å². The number of rotatable bonds is 5. The molecule has 0 unspecified atom stereocenters. The van der Waals surface area contributed by atoms with Gasteiger partial charge in [-0.15, -0.1) is 0 Å². The second kappa shape index (κ2) is 8.33. The smallest absolute Gasteiger partial charge is 0.253 e. The van der Waals surface area contributed by atoms with Crippen LogP contribution in [0.15, 0.2) is 24.3 Å². The van der Waals surface area contributed by atoms with Gasteiger partial charge in [-0.3, -0.25) is 4.79 Å². The average Bonchev–Trinajstić information content (AvgIpc) is 2.67. The summed E-state index contributed by atoms with van der Waals surface area (Å²) in [6, 6.07) is 8.07. The molecule has 4 heteroatoms. The van der Waals surface area contributed by atoms with E-state index < -0.39 is 0 Å². The molecule has 2 fully saturated rings. The quantitative estimate of drug-likeness (QED) is 0.819. The topological polar surface area (TPSA) is 38.8 Å². The minimum absolute atomic E-state index is 0.172. The van der Waals surface area contributed by atoms with E-state index in [4.69, 9.17) is 9.47 Å². The summed E-state index contributed by atoms with van der Waals surface area (Å²) in [5.41, 5.74) is 2.37. The maximum atomic E-state index is 12.8. The van der Waals surface area contributed by atoms with Gasteiger partial charge in [-0.1, -0.05) is 19.1 Å². The average molecular weight is 345 g/mol. The number of benzene rings is 1. The van der Waals surface area contributed by atoms with Gasteiger partial charge in [0, 0.05) is 37.8 Å². The van der Waals surface area contributed by atoms with Crippen molar-refractivity contribution in [2.75, 3.05) is 39.5 Å². The number of aryl methyl sites for hydroxylation is 1. The number of likely N-dealkylation sites (tertiary alicyclic amines) is 1. The molecule has 2 aliphatic heterocycles. The predicted octanol–water partition coefficient (Wildman–Crippen LogP) is 3.54. The van der Waals surface area contributed by atoms with Crippen LogP contribution in [0.3, 0.4) is 0 Å². The van der Waals surface area contributed by atoms with E-state index in [2.05, 4.69) is 19.1 Å². The number of piperidine rings is 1. The fraction of sp³-hybridized carbons (Fsp3) is 0.667. The molecule has 0 aromatic heterocycles. The van der Waals surface area contributed by atoms with Gasteiger partial charge in [-0.05, 0) is 55.7 Å². The van der Waals surface area contributed by atoms with E-state index in [1.54, 1.807) is 0 Å². The zero-order valence-electron chi connectivity index (χ0n) is 15.6. The van der Waals surface area contributed by atoms with Gasteiger partial charge in [0.25, 0.3) is 5.91 Å². The minimum atomic E-state index is 0.172. The summed E-state index contributed by atoms with van der Waals surface area (Å²) in [6.07, 6.45) is 4.22. The van der Waals surface area contributed by atoms with Crippen LogP contribution in [-0.4, -0.2) is 50.3 Å². The zero-order valence-corrected chi connectivity index (χ0v) is 15.6.